The minimum absolute atomic E-state index is 0.216. The number of unbranched alkanes of at least 4 members (excludes halogenated alkanes) is 1. The Kier molecular flexibility index (Phi) is 12.5. The molecule has 3 rings (SSSR count). The lowest BCUT2D eigenvalue weighted by Gasteiger charge is -2.11. The SMILES string of the molecule is CCC/C=C(/C=C\C=C(/C)N)OC(F)(F)F.C\C=C/C(=C\C(=C\CC)C1CC1)c1cc2n(n1)CCCC2. The van der Waals surface area contributed by atoms with Crippen molar-refractivity contribution in [2.24, 2.45) is 11.7 Å². The first-order valence-electron chi connectivity index (χ1n) is 13.3. The molecule has 1 fully saturated rings. The van der Waals surface area contributed by atoms with Gasteiger partial charge in [-0.3, -0.25) is 4.68 Å². The molecule has 1 aliphatic heterocycles. The Bertz CT molecular complexity index is 1010. The number of allylic oxidation sites excluding steroid dienone is 11. The normalized spacial score (nSPS) is 17.7. The summed E-state index contributed by atoms with van der Waals surface area (Å²) in [5.41, 5.74) is 11.2. The lowest BCUT2D eigenvalue weighted by atomic mass is 10.0. The van der Waals surface area contributed by atoms with Crippen molar-refractivity contribution in [3.8, 4) is 0 Å². The molecule has 1 aromatic rings. The second kappa shape index (κ2) is 15.3. The van der Waals surface area contributed by atoms with E-state index in [4.69, 9.17) is 10.8 Å². The number of halogens is 3. The van der Waals surface area contributed by atoms with Crippen LogP contribution >= 0.6 is 0 Å². The summed E-state index contributed by atoms with van der Waals surface area (Å²) in [5.74, 6) is 0.578. The van der Waals surface area contributed by atoms with Gasteiger partial charge in [0.2, 0.25) is 0 Å². The van der Waals surface area contributed by atoms with E-state index in [9.17, 15) is 13.2 Å². The van der Waals surface area contributed by atoms with Gasteiger partial charge in [-0.05, 0) is 101 Å². The van der Waals surface area contributed by atoms with Gasteiger partial charge in [0.15, 0.2) is 0 Å². The number of fused-ring (bicyclic) bond motifs is 1. The zero-order valence-electron chi connectivity index (χ0n) is 22.7. The number of nitrogens with two attached hydrogens (primary N) is 1. The van der Waals surface area contributed by atoms with Gasteiger partial charge >= 0.3 is 6.36 Å². The smallest absolute Gasteiger partial charge is 0.406 e. The molecule has 0 saturated heterocycles. The molecular formula is C30H42F3N3O. The molecule has 1 saturated carbocycles. The van der Waals surface area contributed by atoms with Crippen LogP contribution in [0.1, 0.15) is 84.0 Å². The van der Waals surface area contributed by atoms with Gasteiger partial charge in [-0.2, -0.15) is 5.10 Å². The lowest BCUT2D eigenvalue weighted by molar-refractivity contribution is -0.303. The topological polar surface area (TPSA) is 53.1 Å². The highest BCUT2D eigenvalue weighted by molar-refractivity contribution is 5.74. The maximum absolute atomic E-state index is 12.0. The van der Waals surface area contributed by atoms with Gasteiger partial charge in [-0.25, -0.2) is 0 Å². The largest absolute Gasteiger partial charge is 0.573 e. The van der Waals surface area contributed by atoms with Crippen molar-refractivity contribution in [2.75, 3.05) is 0 Å². The van der Waals surface area contributed by atoms with Crippen LogP contribution in [0.5, 0.6) is 0 Å². The molecule has 0 aromatic carbocycles. The van der Waals surface area contributed by atoms with Crippen LogP contribution in [-0.4, -0.2) is 16.1 Å². The van der Waals surface area contributed by atoms with Gasteiger partial charge < -0.3 is 10.5 Å². The first kappa shape index (κ1) is 30.3. The van der Waals surface area contributed by atoms with Crippen molar-refractivity contribution in [2.45, 2.75) is 92.0 Å². The first-order valence-corrected chi connectivity index (χ1v) is 13.3. The van der Waals surface area contributed by atoms with E-state index < -0.39 is 6.36 Å². The lowest BCUT2D eigenvalue weighted by Crippen LogP contribution is -2.12. The molecule has 0 amide bonds. The van der Waals surface area contributed by atoms with Gasteiger partial charge in [-0.1, -0.05) is 44.6 Å². The van der Waals surface area contributed by atoms with Gasteiger partial charge in [0.1, 0.15) is 5.76 Å². The number of nitrogens with zero attached hydrogens (tertiary/aromatic N) is 2. The standard InChI is InChI=1S/C19H26N2.C11H16F3NO/c1-3-7-16(15-10-11-15)13-17(8-4-2)19-14-18-9-5-6-12-21(18)20-19;1-3-4-7-10(16-11(12,13)14)8-5-6-9(2)15/h4,7-8,13-15H,3,5-6,9-12H2,1-2H3;5-8H,3-4,15H2,1-2H3/b8-4-,16-7-,17-13+;8-5-,9-6+,10-7-. The number of aromatic nitrogens is 2. The molecule has 0 bridgehead atoms. The number of alkyl halides is 3. The quantitative estimate of drug-likeness (QED) is 0.250. The van der Waals surface area contributed by atoms with Gasteiger partial charge in [0.25, 0.3) is 0 Å². The van der Waals surface area contributed by atoms with Gasteiger partial charge in [-0.15, -0.1) is 13.2 Å². The number of ether oxygens (including phenoxy) is 1. The van der Waals surface area contributed by atoms with Crippen molar-refractivity contribution in [3.05, 3.63) is 83.1 Å². The summed E-state index contributed by atoms with van der Waals surface area (Å²) >= 11 is 0. The molecule has 0 spiro atoms. The van der Waals surface area contributed by atoms with Crippen LogP contribution in [0.15, 0.2) is 71.7 Å². The van der Waals surface area contributed by atoms with E-state index in [1.807, 2.05) is 6.92 Å². The van der Waals surface area contributed by atoms with E-state index in [0.29, 0.717) is 12.1 Å². The zero-order valence-corrected chi connectivity index (χ0v) is 22.7. The second-order valence-corrected chi connectivity index (χ2v) is 9.40. The summed E-state index contributed by atoms with van der Waals surface area (Å²) in [6.45, 7) is 8.91. The van der Waals surface area contributed by atoms with Crippen LogP contribution < -0.4 is 5.73 Å². The van der Waals surface area contributed by atoms with Gasteiger partial charge in [0, 0.05) is 23.5 Å². The fourth-order valence-electron chi connectivity index (χ4n) is 3.98. The van der Waals surface area contributed by atoms with Crippen molar-refractivity contribution in [1.82, 2.24) is 9.78 Å². The van der Waals surface area contributed by atoms with E-state index >= 15 is 0 Å². The number of rotatable bonds is 10. The Labute approximate surface area is 220 Å². The Morgan fingerprint density at radius 3 is 2.51 bits per heavy atom. The molecule has 7 heteroatoms. The first-order chi connectivity index (χ1) is 17.7. The van der Waals surface area contributed by atoms with E-state index in [0.717, 1.165) is 31.0 Å². The average Bonchev–Trinajstić information content (AvgIpc) is 3.59. The Balaban J connectivity index is 0.000000273. The third kappa shape index (κ3) is 11.8. The third-order valence-corrected chi connectivity index (χ3v) is 5.86. The van der Waals surface area contributed by atoms with Gasteiger partial charge in [0.05, 0.1) is 5.69 Å². The Hall–Kier alpha value is -2.96. The summed E-state index contributed by atoms with van der Waals surface area (Å²) < 4.78 is 42.0. The minimum atomic E-state index is -4.66. The Morgan fingerprint density at radius 1 is 1.19 bits per heavy atom. The van der Waals surface area contributed by atoms with Crippen molar-refractivity contribution >= 4 is 5.57 Å². The predicted molar refractivity (Wildman–Crippen MR) is 146 cm³/mol. The fraction of sp³-hybridized carbons (Fsp3) is 0.500. The van der Waals surface area contributed by atoms with Crippen molar-refractivity contribution in [1.29, 1.82) is 0 Å². The zero-order chi connectivity index (χ0) is 27.3. The number of hydrogen-bond acceptors (Lipinski definition) is 3. The predicted octanol–water partition coefficient (Wildman–Crippen LogP) is 8.55. The summed E-state index contributed by atoms with van der Waals surface area (Å²) in [6, 6.07) is 2.29. The molecule has 2 heterocycles. The van der Waals surface area contributed by atoms with E-state index in [1.165, 1.54) is 73.2 Å². The van der Waals surface area contributed by atoms with Crippen LogP contribution in [0.25, 0.3) is 5.57 Å². The molecule has 0 atom stereocenters. The van der Waals surface area contributed by atoms with Crippen LogP contribution in [0.4, 0.5) is 13.2 Å². The molecule has 2 aliphatic rings. The number of hydrogen-bond donors (Lipinski definition) is 1. The summed E-state index contributed by atoms with van der Waals surface area (Å²) in [7, 11) is 0. The maximum atomic E-state index is 12.0. The van der Waals surface area contributed by atoms with Crippen molar-refractivity contribution in [3.63, 3.8) is 0 Å². The highest BCUT2D eigenvalue weighted by Gasteiger charge is 2.31. The molecule has 37 heavy (non-hydrogen) atoms. The molecule has 4 nitrogen and oxygen atoms in total. The van der Waals surface area contributed by atoms with E-state index in [2.05, 4.69) is 53.6 Å². The molecular weight excluding hydrogens is 475 g/mol. The monoisotopic (exact) mass is 517 g/mol. The summed E-state index contributed by atoms with van der Waals surface area (Å²) in [5, 5.41) is 4.83. The van der Waals surface area contributed by atoms with Crippen LogP contribution in [0.2, 0.25) is 0 Å². The van der Waals surface area contributed by atoms with Crippen LogP contribution in [0.3, 0.4) is 0 Å². The maximum Gasteiger partial charge on any atom is 0.573 e. The molecule has 204 valence electrons. The molecule has 0 unspecified atom stereocenters. The van der Waals surface area contributed by atoms with Crippen LogP contribution in [-0.2, 0) is 17.7 Å². The molecule has 2 N–H and O–H groups in total. The highest BCUT2D eigenvalue weighted by Crippen LogP contribution is 2.38. The van der Waals surface area contributed by atoms with E-state index in [-0.39, 0.29) is 5.76 Å². The fourth-order valence-corrected chi connectivity index (χ4v) is 3.98. The molecule has 1 aromatic heterocycles. The molecule has 0 radical (unpaired) electrons. The Morgan fingerprint density at radius 2 is 1.95 bits per heavy atom. The van der Waals surface area contributed by atoms with Crippen LogP contribution in [0, 0.1) is 5.92 Å². The third-order valence-electron chi connectivity index (χ3n) is 5.86. The van der Waals surface area contributed by atoms with Crippen molar-refractivity contribution < 1.29 is 17.9 Å². The number of aryl methyl sites for hydroxylation is 2. The summed E-state index contributed by atoms with van der Waals surface area (Å²) in [4.78, 5) is 0. The average molecular weight is 518 g/mol. The van der Waals surface area contributed by atoms with E-state index in [1.54, 1.807) is 6.92 Å². The highest BCUT2D eigenvalue weighted by atomic mass is 19.4. The summed E-state index contributed by atoms with van der Waals surface area (Å²) in [6.07, 6.45) is 18.8. The minimum Gasteiger partial charge on any atom is -0.406 e. The second-order valence-electron chi connectivity index (χ2n) is 9.40. The molecule has 1 aliphatic carbocycles.